The fraction of sp³-hybridized carbons (Fsp3) is 0.308. The third kappa shape index (κ3) is 2.84. The van der Waals surface area contributed by atoms with Gasteiger partial charge in [0, 0.05) is 0 Å². The number of nitrogens with zero attached hydrogens (tertiary/aromatic N) is 3. The fourth-order valence-corrected chi connectivity index (χ4v) is 2.17. The average Bonchev–Trinajstić information content (AvgIpc) is 2.82. The minimum absolute atomic E-state index is 0.153. The van der Waals surface area contributed by atoms with E-state index in [2.05, 4.69) is 26.0 Å². The Morgan fingerprint density at radius 3 is 2.84 bits per heavy atom. The van der Waals surface area contributed by atoms with Crippen molar-refractivity contribution >= 4 is 21.8 Å². The Balaban J connectivity index is 2.45. The molecule has 0 spiro atoms. The van der Waals surface area contributed by atoms with Crippen LogP contribution in [0.3, 0.4) is 0 Å². The van der Waals surface area contributed by atoms with E-state index in [9.17, 15) is 0 Å². The maximum atomic E-state index is 7.89. The predicted octanol–water partition coefficient (Wildman–Crippen LogP) is 2.95. The number of hydrogen-bond acceptors (Lipinski definition) is 4. The molecule has 0 aliphatic rings. The van der Waals surface area contributed by atoms with Gasteiger partial charge in [0.15, 0.2) is 5.82 Å². The van der Waals surface area contributed by atoms with Crippen molar-refractivity contribution < 1.29 is 4.74 Å². The zero-order valence-electron chi connectivity index (χ0n) is 10.9. The summed E-state index contributed by atoms with van der Waals surface area (Å²) in [5.41, 5.74) is 1.63. The summed E-state index contributed by atoms with van der Waals surface area (Å²) < 4.78 is 7.74. The molecular formula is C13H15BrN4O. The van der Waals surface area contributed by atoms with Crippen molar-refractivity contribution in [2.45, 2.75) is 20.3 Å². The van der Waals surface area contributed by atoms with Crippen LogP contribution in [-0.4, -0.2) is 27.3 Å². The average molecular weight is 323 g/mol. The van der Waals surface area contributed by atoms with Crippen molar-refractivity contribution in [1.29, 1.82) is 5.41 Å². The van der Waals surface area contributed by atoms with Crippen molar-refractivity contribution in [1.82, 2.24) is 14.8 Å². The van der Waals surface area contributed by atoms with E-state index < -0.39 is 0 Å². The number of halogens is 1. The van der Waals surface area contributed by atoms with Gasteiger partial charge in [-0.1, -0.05) is 13.0 Å². The van der Waals surface area contributed by atoms with Crippen molar-refractivity contribution in [3.05, 3.63) is 40.3 Å². The highest BCUT2D eigenvalue weighted by atomic mass is 79.9. The van der Waals surface area contributed by atoms with E-state index in [0.717, 1.165) is 22.5 Å². The molecule has 0 aliphatic carbocycles. The van der Waals surface area contributed by atoms with Crippen LogP contribution in [0.1, 0.15) is 25.1 Å². The molecule has 2 aromatic rings. The number of nitrogens with one attached hydrogen (secondary N) is 1. The van der Waals surface area contributed by atoms with Crippen LogP contribution in [0.15, 0.2) is 29.0 Å². The van der Waals surface area contributed by atoms with Crippen molar-refractivity contribution in [3.8, 4) is 5.82 Å². The lowest BCUT2D eigenvalue weighted by Gasteiger charge is -2.08. The monoisotopic (exact) mass is 322 g/mol. The molecule has 0 amide bonds. The minimum atomic E-state index is 0.153. The van der Waals surface area contributed by atoms with Crippen LogP contribution in [0.5, 0.6) is 0 Å². The zero-order chi connectivity index (χ0) is 13.8. The van der Waals surface area contributed by atoms with Crippen LogP contribution < -0.4 is 0 Å². The highest BCUT2D eigenvalue weighted by molar-refractivity contribution is 9.10. The molecule has 0 aromatic carbocycles. The normalized spacial score (nSPS) is 10.5. The van der Waals surface area contributed by atoms with E-state index in [4.69, 9.17) is 10.1 Å². The van der Waals surface area contributed by atoms with E-state index >= 15 is 0 Å². The maximum Gasteiger partial charge on any atom is 0.216 e. The van der Waals surface area contributed by atoms with Crippen molar-refractivity contribution in [3.63, 3.8) is 0 Å². The third-order valence-electron chi connectivity index (χ3n) is 2.65. The fourth-order valence-electron chi connectivity index (χ4n) is 1.84. The summed E-state index contributed by atoms with van der Waals surface area (Å²) in [6.07, 6.45) is 2.40. The molecule has 0 atom stereocenters. The first-order chi connectivity index (χ1) is 9.17. The highest BCUT2D eigenvalue weighted by Crippen LogP contribution is 2.17. The first-order valence-corrected chi connectivity index (χ1v) is 6.88. The molecule has 0 bridgehead atoms. The standard InChI is InChI=1S/C13H15BrN4O/c1-3-10-9(13(15)19-4-2)8-16-18(10)12-7-5-6-11(14)17-12/h5-8,15H,3-4H2,1-2H3. The highest BCUT2D eigenvalue weighted by Gasteiger charge is 2.16. The molecule has 0 saturated heterocycles. The summed E-state index contributed by atoms with van der Waals surface area (Å²) in [5, 5.41) is 12.2. The zero-order valence-corrected chi connectivity index (χ0v) is 12.4. The second-order valence-electron chi connectivity index (χ2n) is 3.85. The lowest BCUT2D eigenvalue weighted by molar-refractivity contribution is 0.325. The quantitative estimate of drug-likeness (QED) is 0.534. The summed E-state index contributed by atoms with van der Waals surface area (Å²) in [7, 11) is 0. The molecule has 0 saturated carbocycles. The molecule has 2 rings (SSSR count). The molecule has 2 heterocycles. The summed E-state index contributed by atoms with van der Waals surface area (Å²) >= 11 is 3.35. The molecular weight excluding hydrogens is 308 g/mol. The van der Waals surface area contributed by atoms with Gasteiger partial charge in [0.2, 0.25) is 5.90 Å². The van der Waals surface area contributed by atoms with Gasteiger partial charge < -0.3 is 4.74 Å². The van der Waals surface area contributed by atoms with E-state index in [1.807, 2.05) is 32.0 Å². The summed E-state index contributed by atoms with van der Waals surface area (Å²) in [6.45, 7) is 4.36. The van der Waals surface area contributed by atoms with Gasteiger partial charge in [-0.2, -0.15) is 5.10 Å². The summed E-state index contributed by atoms with van der Waals surface area (Å²) in [6, 6.07) is 5.65. The largest absolute Gasteiger partial charge is 0.478 e. The summed E-state index contributed by atoms with van der Waals surface area (Å²) in [4.78, 5) is 4.38. The van der Waals surface area contributed by atoms with Gasteiger partial charge in [-0.3, -0.25) is 5.41 Å². The van der Waals surface area contributed by atoms with Gasteiger partial charge in [-0.15, -0.1) is 0 Å². The molecule has 1 N–H and O–H groups in total. The second-order valence-corrected chi connectivity index (χ2v) is 4.66. The van der Waals surface area contributed by atoms with Gasteiger partial charge in [0.05, 0.1) is 24.1 Å². The molecule has 0 radical (unpaired) electrons. The van der Waals surface area contributed by atoms with Crippen molar-refractivity contribution in [2.75, 3.05) is 6.61 Å². The molecule has 0 aliphatic heterocycles. The smallest absolute Gasteiger partial charge is 0.216 e. The lowest BCUT2D eigenvalue weighted by atomic mass is 10.2. The molecule has 6 heteroatoms. The number of hydrogen-bond donors (Lipinski definition) is 1. The molecule has 0 unspecified atom stereocenters. The van der Waals surface area contributed by atoms with Gasteiger partial charge in [-0.25, -0.2) is 9.67 Å². The first-order valence-electron chi connectivity index (χ1n) is 6.08. The number of aromatic nitrogens is 3. The lowest BCUT2D eigenvalue weighted by Crippen LogP contribution is -2.09. The van der Waals surface area contributed by atoms with Crippen molar-refractivity contribution in [2.24, 2.45) is 0 Å². The van der Waals surface area contributed by atoms with Crippen LogP contribution >= 0.6 is 15.9 Å². The first kappa shape index (κ1) is 13.7. The van der Waals surface area contributed by atoms with Crippen LogP contribution in [-0.2, 0) is 11.2 Å². The number of pyridine rings is 1. The predicted molar refractivity (Wildman–Crippen MR) is 76.9 cm³/mol. The van der Waals surface area contributed by atoms with E-state index in [0.29, 0.717) is 12.2 Å². The SMILES string of the molecule is CCOC(=N)c1cnn(-c2cccc(Br)n2)c1CC. The molecule has 19 heavy (non-hydrogen) atoms. The van der Waals surface area contributed by atoms with Crippen LogP contribution in [0, 0.1) is 5.41 Å². The Morgan fingerprint density at radius 2 is 2.21 bits per heavy atom. The van der Waals surface area contributed by atoms with E-state index in [-0.39, 0.29) is 5.90 Å². The van der Waals surface area contributed by atoms with Gasteiger partial charge in [-0.05, 0) is 41.4 Å². The Bertz CT molecular complexity index is 594. The van der Waals surface area contributed by atoms with E-state index in [1.165, 1.54) is 0 Å². The van der Waals surface area contributed by atoms with Gasteiger partial charge in [0.25, 0.3) is 0 Å². The molecule has 5 nitrogen and oxygen atoms in total. The van der Waals surface area contributed by atoms with E-state index in [1.54, 1.807) is 10.9 Å². The number of ether oxygens (including phenoxy) is 1. The molecule has 2 aromatic heterocycles. The van der Waals surface area contributed by atoms with Crippen LogP contribution in [0.4, 0.5) is 0 Å². The Labute approximate surface area is 120 Å². The second kappa shape index (κ2) is 5.97. The molecule has 100 valence electrons. The Hall–Kier alpha value is -1.69. The van der Waals surface area contributed by atoms with Crippen LogP contribution in [0.25, 0.3) is 5.82 Å². The van der Waals surface area contributed by atoms with Gasteiger partial charge >= 0.3 is 0 Å². The Morgan fingerprint density at radius 1 is 1.42 bits per heavy atom. The summed E-state index contributed by atoms with van der Waals surface area (Å²) in [5.74, 6) is 0.877. The third-order valence-corrected chi connectivity index (χ3v) is 3.10. The maximum absolute atomic E-state index is 7.89. The Kier molecular flexibility index (Phi) is 4.31. The molecule has 0 fully saturated rings. The minimum Gasteiger partial charge on any atom is -0.478 e. The topological polar surface area (TPSA) is 63.8 Å². The number of rotatable bonds is 4. The van der Waals surface area contributed by atoms with Crippen LogP contribution in [0.2, 0.25) is 0 Å². The van der Waals surface area contributed by atoms with Gasteiger partial charge in [0.1, 0.15) is 4.60 Å².